The van der Waals surface area contributed by atoms with Gasteiger partial charge in [-0.2, -0.15) is 0 Å². The lowest BCUT2D eigenvalue weighted by molar-refractivity contribution is -0.591. The summed E-state index contributed by atoms with van der Waals surface area (Å²) in [5.41, 5.74) is 1.27. The van der Waals surface area contributed by atoms with E-state index in [1.165, 1.54) is 37.3 Å². The molecule has 1 aromatic rings. The van der Waals surface area contributed by atoms with Gasteiger partial charge in [0.1, 0.15) is 11.4 Å². The molecule has 0 spiro atoms. The lowest BCUT2D eigenvalue weighted by atomic mass is 9.97. The summed E-state index contributed by atoms with van der Waals surface area (Å²) in [7, 11) is 1.73. The van der Waals surface area contributed by atoms with Gasteiger partial charge in [-0.1, -0.05) is 19.1 Å². The Morgan fingerprint density at radius 2 is 1.88 bits per heavy atom. The van der Waals surface area contributed by atoms with Gasteiger partial charge in [0.25, 0.3) is 0 Å². The number of allylic oxidation sites excluding steroid dienone is 1. The Morgan fingerprint density at radius 3 is 2.58 bits per heavy atom. The number of ether oxygens (including phenoxy) is 1. The van der Waals surface area contributed by atoms with Gasteiger partial charge in [0.05, 0.1) is 31.3 Å². The van der Waals surface area contributed by atoms with Crippen molar-refractivity contribution in [2.75, 3.05) is 12.0 Å². The van der Waals surface area contributed by atoms with Crippen molar-refractivity contribution >= 4 is 11.6 Å². The van der Waals surface area contributed by atoms with Crippen LogP contribution < -0.4 is 15.0 Å². The number of methoxy groups -OCH3 is 1. The van der Waals surface area contributed by atoms with E-state index in [1.54, 1.807) is 7.11 Å². The van der Waals surface area contributed by atoms with Gasteiger partial charge in [-0.3, -0.25) is 9.89 Å². The van der Waals surface area contributed by atoms with E-state index in [0.29, 0.717) is 24.2 Å². The molecule has 3 aliphatic heterocycles. The Balaban J connectivity index is 1.73. The molecule has 4 nitrogen and oxygen atoms in total. The molecule has 3 heterocycles. The molecular formula is C22H32N3O+. The molecule has 1 aromatic carbocycles. The topological polar surface area (TPSA) is 27.5 Å². The summed E-state index contributed by atoms with van der Waals surface area (Å²) in [4.78, 5) is 2.56. The molecule has 4 heteroatoms. The summed E-state index contributed by atoms with van der Waals surface area (Å²) in [6.45, 7) is 4.53. The average Bonchev–Trinajstić information content (AvgIpc) is 3.05. The molecule has 4 atom stereocenters. The zero-order valence-corrected chi connectivity index (χ0v) is 16.3. The minimum Gasteiger partial charge on any atom is -0.497 e. The van der Waals surface area contributed by atoms with Crippen molar-refractivity contribution in [3.05, 3.63) is 36.4 Å². The minimum absolute atomic E-state index is 0.513. The third-order valence-corrected chi connectivity index (χ3v) is 6.16. The highest BCUT2D eigenvalue weighted by atomic mass is 16.5. The van der Waals surface area contributed by atoms with E-state index in [9.17, 15) is 0 Å². The van der Waals surface area contributed by atoms with Crippen LogP contribution in [0, 0.1) is 0 Å². The van der Waals surface area contributed by atoms with Crippen molar-refractivity contribution in [1.29, 1.82) is 0 Å². The van der Waals surface area contributed by atoms with Crippen molar-refractivity contribution < 1.29 is 9.31 Å². The predicted octanol–water partition coefficient (Wildman–Crippen LogP) is 3.91. The Kier molecular flexibility index (Phi) is 4.92. The van der Waals surface area contributed by atoms with Crippen LogP contribution in [0.3, 0.4) is 0 Å². The second kappa shape index (κ2) is 7.34. The molecule has 3 aliphatic rings. The number of nitrogens with zero attached hydrogens (tertiary/aromatic N) is 2. The van der Waals surface area contributed by atoms with Gasteiger partial charge in [-0.05, 0) is 56.9 Å². The van der Waals surface area contributed by atoms with Gasteiger partial charge in [0.15, 0.2) is 0 Å². The second-order valence-electron chi connectivity index (χ2n) is 7.97. The number of guanidine groups is 1. The van der Waals surface area contributed by atoms with Crippen molar-refractivity contribution in [2.24, 2.45) is 0 Å². The van der Waals surface area contributed by atoms with E-state index < -0.39 is 0 Å². The van der Waals surface area contributed by atoms with Crippen LogP contribution in [0.15, 0.2) is 36.4 Å². The van der Waals surface area contributed by atoms with Crippen LogP contribution >= 0.6 is 0 Å². The third kappa shape index (κ3) is 3.10. The standard InChI is InChI=1S/C22H31N3O/c1-4-5-6-7-18-15-20-9-8-19-14-16(2)23-22(25(19)20)24(18)17-10-12-21(26-3)13-11-17/h5-6,10-13,16,18-20H,4,7-9,14-15H2,1-3H3/p+1/b6-5+. The smallest absolute Gasteiger partial charge is 0.354 e. The summed E-state index contributed by atoms with van der Waals surface area (Å²) in [6.07, 6.45) is 12.1. The SMILES string of the molecule is CC/C=C/CC1CC2CCC3CC(C)NC(=[N+]32)N1c1ccc(OC)cc1. The molecule has 0 saturated carbocycles. The first kappa shape index (κ1) is 17.4. The maximum Gasteiger partial charge on any atom is 0.354 e. The zero-order valence-electron chi connectivity index (χ0n) is 16.3. The van der Waals surface area contributed by atoms with Crippen LogP contribution in [0.2, 0.25) is 0 Å². The molecule has 0 aliphatic carbocycles. The van der Waals surface area contributed by atoms with E-state index in [1.807, 2.05) is 0 Å². The number of benzene rings is 1. The average molecular weight is 355 g/mol. The maximum atomic E-state index is 5.37. The van der Waals surface area contributed by atoms with Gasteiger partial charge in [-0.15, -0.1) is 0 Å². The number of hydrogen-bond donors (Lipinski definition) is 1. The highest BCUT2D eigenvalue weighted by molar-refractivity contribution is 5.94. The fourth-order valence-electron chi connectivity index (χ4n) is 5.02. The Labute approximate surface area is 157 Å². The van der Waals surface area contributed by atoms with Crippen LogP contribution in [0.5, 0.6) is 5.75 Å². The van der Waals surface area contributed by atoms with Crippen molar-refractivity contribution in [2.45, 2.75) is 76.5 Å². The van der Waals surface area contributed by atoms with E-state index in [4.69, 9.17) is 4.74 Å². The van der Waals surface area contributed by atoms with Crippen molar-refractivity contribution in [1.82, 2.24) is 5.32 Å². The minimum atomic E-state index is 0.513. The maximum absolute atomic E-state index is 5.37. The normalized spacial score (nSPS) is 30.5. The van der Waals surface area contributed by atoms with Crippen molar-refractivity contribution in [3.8, 4) is 5.75 Å². The first-order chi connectivity index (χ1) is 12.7. The molecule has 1 fully saturated rings. The number of rotatable bonds is 5. The fourth-order valence-corrected chi connectivity index (χ4v) is 5.02. The number of anilines is 1. The number of hydrogen-bond acceptors (Lipinski definition) is 3. The molecule has 0 radical (unpaired) electrons. The quantitative estimate of drug-likeness (QED) is 0.642. The molecule has 0 aromatic heterocycles. The summed E-state index contributed by atoms with van der Waals surface area (Å²) < 4.78 is 8.07. The first-order valence-corrected chi connectivity index (χ1v) is 10.2. The van der Waals surface area contributed by atoms with Gasteiger partial charge in [0.2, 0.25) is 0 Å². The van der Waals surface area contributed by atoms with Gasteiger partial charge < -0.3 is 4.74 Å². The summed E-state index contributed by atoms with van der Waals surface area (Å²) in [6, 6.07) is 11.0. The molecule has 1 N–H and O–H groups in total. The molecule has 4 unspecified atom stereocenters. The second-order valence-corrected chi connectivity index (χ2v) is 7.97. The molecule has 140 valence electrons. The fraction of sp³-hybridized carbons (Fsp3) is 0.591. The van der Waals surface area contributed by atoms with Crippen LogP contribution in [-0.4, -0.2) is 41.8 Å². The first-order valence-electron chi connectivity index (χ1n) is 10.2. The van der Waals surface area contributed by atoms with Crippen LogP contribution in [0.1, 0.15) is 52.4 Å². The van der Waals surface area contributed by atoms with E-state index in [-0.39, 0.29) is 0 Å². The lowest BCUT2D eigenvalue weighted by Gasteiger charge is -2.41. The van der Waals surface area contributed by atoms with E-state index >= 15 is 0 Å². The molecule has 4 rings (SSSR count). The zero-order chi connectivity index (χ0) is 18.1. The lowest BCUT2D eigenvalue weighted by Crippen LogP contribution is -2.63. The molecule has 0 bridgehead atoms. The van der Waals surface area contributed by atoms with Gasteiger partial charge in [0, 0.05) is 12.8 Å². The number of nitrogens with one attached hydrogen (secondary N) is 1. The summed E-state index contributed by atoms with van der Waals surface area (Å²) >= 11 is 0. The predicted molar refractivity (Wildman–Crippen MR) is 107 cm³/mol. The van der Waals surface area contributed by atoms with Crippen LogP contribution in [-0.2, 0) is 0 Å². The highest BCUT2D eigenvalue weighted by Crippen LogP contribution is 2.36. The molecule has 1 saturated heterocycles. The highest BCUT2D eigenvalue weighted by Gasteiger charge is 2.49. The third-order valence-electron chi connectivity index (χ3n) is 6.16. The summed E-state index contributed by atoms with van der Waals surface area (Å²) in [5, 5.41) is 3.83. The van der Waals surface area contributed by atoms with Crippen LogP contribution in [0.25, 0.3) is 0 Å². The monoisotopic (exact) mass is 354 g/mol. The van der Waals surface area contributed by atoms with Crippen LogP contribution in [0.4, 0.5) is 5.69 Å². The van der Waals surface area contributed by atoms with E-state index in [0.717, 1.165) is 18.6 Å². The Morgan fingerprint density at radius 1 is 1.15 bits per heavy atom. The van der Waals surface area contributed by atoms with Gasteiger partial charge >= 0.3 is 5.96 Å². The Bertz CT molecular complexity index is 694. The summed E-state index contributed by atoms with van der Waals surface area (Å²) in [5.74, 6) is 2.25. The molecule has 0 amide bonds. The Hall–Kier alpha value is -1.97. The van der Waals surface area contributed by atoms with E-state index in [2.05, 4.69) is 65.1 Å². The molecular weight excluding hydrogens is 322 g/mol. The van der Waals surface area contributed by atoms with Crippen molar-refractivity contribution in [3.63, 3.8) is 0 Å². The largest absolute Gasteiger partial charge is 0.497 e. The molecule has 26 heavy (non-hydrogen) atoms. The van der Waals surface area contributed by atoms with Gasteiger partial charge in [-0.25, -0.2) is 4.90 Å².